The number of benzene rings is 1. The monoisotopic (exact) mass is 270 g/mol. The Labute approximate surface area is 122 Å². The van der Waals surface area contributed by atoms with Crippen molar-refractivity contribution in [3.05, 3.63) is 35.0 Å². The first-order chi connectivity index (χ1) is 9.85. The summed E-state index contributed by atoms with van der Waals surface area (Å²) in [7, 11) is 0. The number of hydrogen-bond acceptors (Lipinski definition) is 1. The van der Waals surface area contributed by atoms with E-state index in [4.69, 9.17) is 5.73 Å². The van der Waals surface area contributed by atoms with Gasteiger partial charge in [0.15, 0.2) is 0 Å². The Bertz CT molecular complexity index is 595. The first-order valence-electron chi connectivity index (χ1n) is 8.17. The molecular formula is C18H26N2. The summed E-state index contributed by atoms with van der Waals surface area (Å²) in [6, 6.07) is 4.72. The van der Waals surface area contributed by atoms with Gasteiger partial charge in [0.2, 0.25) is 0 Å². The van der Waals surface area contributed by atoms with Crippen LogP contribution in [-0.4, -0.2) is 11.1 Å². The number of hydrogen-bond donors (Lipinski definition) is 1. The van der Waals surface area contributed by atoms with Gasteiger partial charge in [-0.1, -0.05) is 19.4 Å². The number of nitrogens with zero attached hydrogens (tertiary/aromatic N) is 1. The summed E-state index contributed by atoms with van der Waals surface area (Å²) in [4.78, 5) is 0. The minimum Gasteiger partial charge on any atom is -0.347 e. The van der Waals surface area contributed by atoms with E-state index in [1.165, 1.54) is 55.0 Å². The highest BCUT2D eigenvalue weighted by atomic mass is 15.0. The summed E-state index contributed by atoms with van der Waals surface area (Å²) < 4.78 is 2.44. The lowest BCUT2D eigenvalue weighted by Gasteiger charge is -2.10. The molecule has 0 radical (unpaired) electrons. The van der Waals surface area contributed by atoms with E-state index in [0.717, 1.165) is 19.5 Å². The molecular weight excluding hydrogens is 244 g/mol. The molecule has 1 aromatic heterocycles. The van der Waals surface area contributed by atoms with Gasteiger partial charge in [-0.25, -0.2) is 0 Å². The second-order valence-corrected chi connectivity index (χ2v) is 6.04. The quantitative estimate of drug-likeness (QED) is 0.841. The first-order valence-corrected chi connectivity index (χ1v) is 8.17. The molecule has 2 aromatic rings. The predicted molar refractivity (Wildman–Crippen MR) is 86.2 cm³/mol. The summed E-state index contributed by atoms with van der Waals surface area (Å²) in [6.45, 7) is 4.10. The minimum absolute atomic E-state index is 0.745. The molecule has 2 N–H and O–H groups in total. The highest BCUT2D eigenvalue weighted by molar-refractivity contribution is 5.88. The molecule has 1 heterocycles. The van der Waals surface area contributed by atoms with Gasteiger partial charge in [-0.3, -0.25) is 0 Å². The molecule has 2 nitrogen and oxygen atoms in total. The molecule has 1 aromatic carbocycles. The van der Waals surface area contributed by atoms with Gasteiger partial charge in [0.25, 0.3) is 0 Å². The Morgan fingerprint density at radius 1 is 1.15 bits per heavy atom. The molecule has 0 unspecified atom stereocenters. The van der Waals surface area contributed by atoms with Crippen LogP contribution in [0.3, 0.4) is 0 Å². The normalized spacial score (nSPS) is 15.3. The average molecular weight is 270 g/mol. The topological polar surface area (TPSA) is 30.9 Å². The van der Waals surface area contributed by atoms with Gasteiger partial charge in [0.05, 0.1) is 0 Å². The zero-order valence-electron chi connectivity index (χ0n) is 12.6. The third-order valence-electron chi connectivity index (χ3n) is 4.58. The second kappa shape index (κ2) is 6.01. The minimum atomic E-state index is 0.745. The van der Waals surface area contributed by atoms with Gasteiger partial charge in [-0.15, -0.1) is 0 Å². The first kappa shape index (κ1) is 13.7. The van der Waals surface area contributed by atoms with E-state index in [2.05, 4.69) is 29.8 Å². The van der Waals surface area contributed by atoms with E-state index in [0.29, 0.717) is 0 Å². The maximum Gasteiger partial charge on any atom is 0.0486 e. The van der Waals surface area contributed by atoms with Crippen molar-refractivity contribution >= 4 is 10.9 Å². The second-order valence-electron chi connectivity index (χ2n) is 6.04. The van der Waals surface area contributed by atoms with Crippen LogP contribution in [0, 0.1) is 0 Å². The fourth-order valence-electron chi connectivity index (χ4n) is 3.68. The molecule has 2 heteroatoms. The lowest BCUT2D eigenvalue weighted by molar-refractivity contribution is 0.700. The molecule has 0 amide bonds. The van der Waals surface area contributed by atoms with Gasteiger partial charge < -0.3 is 10.3 Å². The fourth-order valence-corrected chi connectivity index (χ4v) is 3.68. The van der Waals surface area contributed by atoms with Crippen molar-refractivity contribution in [3.8, 4) is 0 Å². The maximum absolute atomic E-state index is 5.83. The molecule has 1 aliphatic rings. The Hall–Kier alpha value is -1.28. The van der Waals surface area contributed by atoms with E-state index in [9.17, 15) is 0 Å². The van der Waals surface area contributed by atoms with E-state index in [1.54, 1.807) is 11.1 Å². The standard InChI is InChI=1S/C18H26N2/c1-2-12-20-13-15(10-11-19)18-16-7-5-3-4-6-14(16)8-9-17(18)20/h8-9,13H,2-7,10-12,19H2,1H3. The molecule has 0 spiro atoms. The zero-order valence-corrected chi connectivity index (χ0v) is 12.6. The van der Waals surface area contributed by atoms with Crippen LogP contribution in [0.1, 0.15) is 49.3 Å². The number of nitrogens with two attached hydrogens (primary N) is 1. The van der Waals surface area contributed by atoms with Gasteiger partial charge in [0.1, 0.15) is 0 Å². The van der Waals surface area contributed by atoms with Crippen LogP contribution < -0.4 is 5.73 Å². The molecule has 108 valence electrons. The fraction of sp³-hybridized carbons (Fsp3) is 0.556. The summed E-state index contributed by atoms with van der Waals surface area (Å²) >= 11 is 0. The molecule has 1 aliphatic carbocycles. The molecule has 0 atom stereocenters. The van der Waals surface area contributed by atoms with Crippen LogP contribution in [-0.2, 0) is 25.8 Å². The third-order valence-corrected chi connectivity index (χ3v) is 4.58. The molecule has 0 saturated heterocycles. The number of rotatable bonds is 4. The van der Waals surface area contributed by atoms with Gasteiger partial charge in [-0.2, -0.15) is 0 Å². The van der Waals surface area contributed by atoms with Crippen LogP contribution >= 0.6 is 0 Å². The summed E-state index contributed by atoms with van der Waals surface area (Å²) in [5.41, 5.74) is 11.9. The Kier molecular flexibility index (Phi) is 4.11. The van der Waals surface area contributed by atoms with Gasteiger partial charge >= 0.3 is 0 Å². The van der Waals surface area contributed by atoms with Gasteiger partial charge in [-0.05, 0) is 67.8 Å². The average Bonchev–Trinajstić information content (AvgIpc) is 2.65. The molecule has 0 saturated carbocycles. The molecule has 0 bridgehead atoms. The lowest BCUT2D eigenvalue weighted by atomic mass is 9.96. The molecule has 0 aliphatic heterocycles. The van der Waals surface area contributed by atoms with Crippen molar-refractivity contribution in [1.82, 2.24) is 4.57 Å². The molecule has 0 fully saturated rings. The van der Waals surface area contributed by atoms with Crippen molar-refractivity contribution in [2.75, 3.05) is 6.54 Å². The third kappa shape index (κ3) is 2.37. The SMILES string of the molecule is CCCn1cc(CCN)c2c3c(ccc21)CCCCC3. The molecule has 3 rings (SSSR count). The predicted octanol–water partition coefficient (Wildman–Crippen LogP) is 3.82. The summed E-state index contributed by atoms with van der Waals surface area (Å²) in [5.74, 6) is 0. The highest BCUT2D eigenvalue weighted by Gasteiger charge is 2.16. The molecule has 20 heavy (non-hydrogen) atoms. The van der Waals surface area contributed by atoms with Crippen molar-refractivity contribution in [2.45, 2.75) is 58.4 Å². The van der Waals surface area contributed by atoms with E-state index in [1.807, 2.05) is 0 Å². The van der Waals surface area contributed by atoms with Crippen LogP contribution in [0.5, 0.6) is 0 Å². The number of fused-ring (bicyclic) bond motifs is 3. The lowest BCUT2D eigenvalue weighted by Crippen LogP contribution is -2.03. The Balaban J connectivity index is 2.20. The Morgan fingerprint density at radius 3 is 2.80 bits per heavy atom. The van der Waals surface area contributed by atoms with Crippen molar-refractivity contribution in [3.63, 3.8) is 0 Å². The van der Waals surface area contributed by atoms with Crippen LogP contribution in [0.2, 0.25) is 0 Å². The van der Waals surface area contributed by atoms with Crippen LogP contribution in [0.25, 0.3) is 10.9 Å². The van der Waals surface area contributed by atoms with Crippen LogP contribution in [0.4, 0.5) is 0 Å². The highest BCUT2D eigenvalue weighted by Crippen LogP contribution is 2.32. The zero-order chi connectivity index (χ0) is 13.9. The smallest absolute Gasteiger partial charge is 0.0486 e. The van der Waals surface area contributed by atoms with Gasteiger partial charge in [0, 0.05) is 23.6 Å². The van der Waals surface area contributed by atoms with E-state index < -0.39 is 0 Å². The van der Waals surface area contributed by atoms with Crippen molar-refractivity contribution < 1.29 is 0 Å². The van der Waals surface area contributed by atoms with Crippen molar-refractivity contribution in [1.29, 1.82) is 0 Å². The number of aromatic nitrogens is 1. The van der Waals surface area contributed by atoms with E-state index in [-0.39, 0.29) is 0 Å². The summed E-state index contributed by atoms with van der Waals surface area (Å²) in [6.07, 6.45) is 11.1. The number of aryl methyl sites for hydroxylation is 3. The van der Waals surface area contributed by atoms with Crippen LogP contribution in [0.15, 0.2) is 18.3 Å². The van der Waals surface area contributed by atoms with Crippen molar-refractivity contribution in [2.24, 2.45) is 5.73 Å². The largest absolute Gasteiger partial charge is 0.347 e. The maximum atomic E-state index is 5.83. The van der Waals surface area contributed by atoms with E-state index >= 15 is 0 Å². The Morgan fingerprint density at radius 2 is 2.00 bits per heavy atom. The summed E-state index contributed by atoms with van der Waals surface area (Å²) in [5, 5.41) is 1.53.